The summed E-state index contributed by atoms with van der Waals surface area (Å²) in [6.45, 7) is 9.94. The Labute approximate surface area is 159 Å². The smallest absolute Gasteiger partial charge is 0.274 e. The lowest BCUT2D eigenvalue weighted by molar-refractivity contribution is 0.102. The summed E-state index contributed by atoms with van der Waals surface area (Å²) >= 11 is 0. The van der Waals surface area contributed by atoms with E-state index in [4.69, 9.17) is 0 Å². The highest BCUT2D eigenvalue weighted by atomic mass is 16.1. The van der Waals surface area contributed by atoms with Gasteiger partial charge in [0.15, 0.2) is 0 Å². The van der Waals surface area contributed by atoms with Gasteiger partial charge in [0.25, 0.3) is 5.91 Å². The van der Waals surface area contributed by atoms with Gasteiger partial charge in [0.05, 0.1) is 0 Å². The molecule has 1 heterocycles. The van der Waals surface area contributed by atoms with E-state index in [0.29, 0.717) is 11.6 Å². The molecule has 0 aliphatic rings. The van der Waals surface area contributed by atoms with Gasteiger partial charge in [-0.1, -0.05) is 18.2 Å². The van der Waals surface area contributed by atoms with E-state index in [1.807, 2.05) is 65.0 Å². The third-order valence-electron chi connectivity index (χ3n) is 4.42. The van der Waals surface area contributed by atoms with Gasteiger partial charge in [-0.3, -0.25) is 4.79 Å². The van der Waals surface area contributed by atoms with E-state index in [-0.39, 0.29) is 5.91 Å². The number of hydrogen-bond donors (Lipinski definition) is 2. The molecule has 1 amide bonds. The second-order valence-corrected chi connectivity index (χ2v) is 6.92. The van der Waals surface area contributed by atoms with Crippen molar-refractivity contribution in [2.24, 2.45) is 0 Å². The molecule has 0 saturated carbocycles. The minimum absolute atomic E-state index is 0.252. The molecule has 0 radical (unpaired) electrons. The van der Waals surface area contributed by atoms with E-state index in [2.05, 4.69) is 26.7 Å². The molecule has 0 saturated heterocycles. The van der Waals surface area contributed by atoms with Crippen LogP contribution in [-0.4, -0.2) is 15.9 Å². The number of carbonyl (C=O) groups is 1. The van der Waals surface area contributed by atoms with Gasteiger partial charge >= 0.3 is 0 Å². The molecule has 2 N–H and O–H groups in total. The summed E-state index contributed by atoms with van der Waals surface area (Å²) in [4.78, 5) is 21.5. The van der Waals surface area contributed by atoms with Crippen LogP contribution >= 0.6 is 0 Å². The van der Waals surface area contributed by atoms with Crippen LogP contribution in [-0.2, 0) is 0 Å². The minimum Gasteiger partial charge on any atom is -0.324 e. The molecule has 0 fully saturated rings. The number of amides is 1. The Kier molecular flexibility index (Phi) is 5.21. The number of nitrogens with zero attached hydrogens (tertiary/aromatic N) is 2. The number of carbonyl (C=O) groups excluding carboxylic acids is 1. The summed E-state index contributed by atoms with van der Waals surface area (Å²) in [5.74, 6) is 0.156. The number of hydrogen-bond acceptors (Lipinski definition) is 4. The van der Waals surface area contributed by atoms with Crippen molar-refractivity contribution in [2.45, 2.75) is 34.6 Å². The Balaban J connectivity index is 1.86. The van der Waals surface area contributed by atoms with Crippen LogP contribution in [0.3, 0.4) is 0 Å². The highest BCUT2D eigenvalue weighted by Crippen LogP contribution is 2.20. The molecule has 3 rings (SSSR count). The topological polar surface area (TPSA) is 66.9 Å². The lowest BCUT2D eigenvalue weighted by atomic mass is 10.1. The lowest BCUT2D eigenvalue weighted by Gasteiger charge is -2.12. The molecule has 138 valence electrons. The van der Waals surface area contributed by atoms with E-state index < -0.39 is 0 Å². The van der Waals surface area contributed by atoms with Crippen LogP contribution in [0, 0.1) is 34.6 Å². The van der Waals surface area contributed by atoms with Gasteiger partial charge in [0.1, 0.15) is 5.69 Å². The third-order valence-corrected chi connectivity index (χ3v) is 4.42. The van der Waals surface area contributed by atoms with E-state index >= 15 is 0 Å². The quantitative estimate of drug-likeness (QED) is 0.686. The summed E-state index contributed by atoms with van der Waals surface area (Å²) in [5, 5.41) is 6.15. The fourth-order valence-electron chi connectivity index (χ4n) is 2.99. The molecule has 0 aliphatic carbocycles. The molecule has 5 nitrogen and oxygen atoms in total. The maximum atomic E-state index is 12.7. The first kappa shape index (κ1) is 18.6. The highest BCUT2D eigenvalue weighted by molar-refractivity contribution is 6.03. The van der Waals surface area contributed by atoms with E-state index in [1.165, 1.54) is 0 Å². The molecule has 3 aromatic rings. The predicted octanol–water partition coefficient (Wildman–Crippen LogP) is 5.01. The number of aryl methyl sites for hydroxylation is 4. The fourth-order valence-corrected chi connectivity index (χ4v) is 2.99. The summed E-state index contributed by atoms with van der Waals surface area (Å²) in [5.41, 5.74) is 7.22. The maximum absolute atomic E-state index is 12.7. The first-order valence-electron chi connectivity index (χ1n) is 8.90. The van der Waals surface area contributed by atoms with Gasteiger partial charge in [0.2, 0.25) is 5.95 Å². The zero-order chi connectivity index (χ0) is 19.6. The number of nitrogens with one attached hydrogen (secondary N) is 2. The second-order valence-electron chi connectivity index (χ2n) is 6.92. The van der Waals surface area contributed by atoms with E-state index in [0.717, 1.165) is 39.3 Å². The van der Waals surface area contributed by atoms with Crippen molar-refractivity contribution in [3.63, 3.8) is 0 Å². The molecule has 5 heteroatoms. The first-order chi connectivity index (χ1) is 12.8. The molecule has 0 aliphatic heterocycles. The molecule has 0 atom stereocenters. The first-order valence-corrected chi connectivity index (χ1v) is 8.90. The Morgan fingerprint density at radius 2 is 1.59 bits per heavy atom. The van der Waals surface area contributed by atoms with Crippen LogP contribution in [0.25, 0.3) is 0 Å². The number of aromatic nitrogens is 2. The van der Waals surface area contributed by atoms with Crippen LogP contribution in [0.4, 0.5) is 17.3 Å². The Morgan fingerprint density at radius 1 is 0.889 bits per heavy atom. The Hall–Kier alpha value is -3.21. The summed E-state index contributed by atoms with van der Waals surface area (Å²) in [7, 11) is 0. The molecule has 0 bridgehead atoms. The highest BCUT2D eigenvalue weighted by Gasteiger charge is 2.13. The van der Waals surface area contributed by atoms with Crippen molar-refractivity contribution in [3.8, 4) is 0 Å². The zero-order valence-corrected chi connectivity index (χ0v) is 16.3. The lowest BCUT2D eigenvalue weighted by Crippen LogP contribution is -2.16. The van der Waals surface area contributed by atoms with Gasteiger partial charge < -0.3 is 10.6 Å². The minimum atomic E-state index is -0.252. The van der Waals surface area contributed by atoms with Gasteiger partial charge in [0, 0.05) is 17.1 Å². The summed E-state index contributed by atoms with van der Waals surface area (Å²) in [6, 6.07) is 13.7. The molecule has 0 spiro atoms. The van der Waals surface area contributed by atoms with Gasteiger partial charge in [-0.15, -0.1) is 0 Å². The van der Waals surface area contributed by atoms with Crippen LogP contribution in [0.15, 0.2) is 42.5 Å². The Morgan fingerprint density at radius 3 is 2.30 bits per heavy atom. The van der Waals surface area contributed by atoms with Crippen molar-refractivity contribution < 1.29 is 4.79 Å². The zero-order valence-electron chi connectivity index (χ0n) is 16.3. The van der Waals surface area contributed by atoms with Gasteiger partial charge in [-0.05, 0) is 81.1 Å². The molecular formula is C22H24N4O. The van der Waals surface area contributed by atoms with Crippen molar-refractivity contribution >= 4 is 23.2 Å². The normalized spacial score (nSPS) is 10.6. The van der Waals surface area contributed by atoms with Crippen molar-refractivity contribution in [3.05, 3.63) is 76.1 Å². The maximum Gasteiger partial charge on any atom is 0.274 e. The van der Waals surface area contributed by atoms with Crippen molar-refractivity contribution in [2.75, 3.05) is 10.6 Å². The van der Waals surface area contributed by atoms with Crippen LogP contribution < -0.4 is 10.6 Å². The average Bonchev–Trinajstić information content (AvgIpc) is 2.57. The molecular weight excluding hydrogens is 336 g/mol. The second kappa shape index (κ2) is 7.58. The summed E-state index contributed by atoms with van der Waals surface area (Å²) < 4.78 is 0. The van der Waals surface area contributed by atoms with Gasteiger partial charge in [-0.2, -0.15) is 0 Å². The number of rotatable bonds is 4. The van der Waals surface area contributed by atoms with Gasteiger partial charge in [-0.25, -0.2) is 9.97 Å². The van der Waals surface area contributed by atoms with Crippen molar-refractivity contribution in [1.82, 2.24) is 9.97 Å². The predicted molar refractivity (Wildman–Crippen MR) is 110 cm³/mol. The summed E-state index contributed by atoms with van der Waals surface area (Å²) in [6.07, 6.45) is 0. The largest absolute Gasteiger partial charge is 0.324 e. The van der Waals surface area contributed by atoms with E-state index in [9.17, 15) is 4.79 Å². The fraction of sp³-hybridized carbons (Fsp3) is 0.227. The molecule has 1 aromatic heterocycles. The Bertz CT molecular complexity index is 991. The van der Waals surface area contributed by atoms with Crippen LogP contribution in [0.5, 0.6) is 0 Å². The van der Waals surface area contributed by atoms with E-state index in [1.54, 1.807) is 6.07 Å². The molecule has 0 unspecified atom stereocenters. The van der Waals surface area contributed by atoms with Crippen LogP contribution in [0.1, 0.15) is 38.4 Å². The van der Waals surface area contributed by atoms with Crippen molar-refractivity contribution in [1.29, 1.82) is 0 Å². The monoisotopic (exact) mass is 360 g/mol. The number of anilines is 3. The standard InChI is InChI=1S/C22H24N4O/c1-13-9-14(2)11-18(10-13)24-22-23-16(4)12-20(26-22)21(27)25-19-8-6-7-15(3)17(19)5/h6-12H,1-5H3,(H,25,27)(H,23,24,26). The average molecular weight is 360 g/mol. The molecule has 2 aromatic carbocycles. The van der Waals surface area contributed by atoms with Crippen LogP contribution in [0.2, 0.25) is 0 Å². The third kappa shape index (κ3) is 4.50. The molecule has 27 heavy (non-hydrogen) atoms. The number of benzene rings is 2. The SMILES string of the molecule is Cc1cc(C)cc(Nc2nc(C)cc(C(=O)Nc3cccc(C)c3C)n2)c1.